The minimum Gasteiger partial charge on any atom is -0.479 e. The van der Waals surface area contributed by atoms with Gasteiger partial charge in [0.25, 0.3) is 0 Å². The lowest BCUT2D eigenvalue weighted by Gasteiger charge is -2.43. The van der Waals surface area contributed by atoms with Crippen molar-refractivity contribution in [2.24, 2.45) is 5.92 Å². The van der Waals surface area contributed by atoms with E-state index in [0.29, 0.717) is 0 Å². The number of anilines is 1. The number of carboxylic acid groups (broad SMARTS) is 1. The van der Waals surface area contributed by atoms with Gasteiger partial charge in [0.2, 0.25) is 0 Å². The molecule has 1 saturated heterocycles. The van der Waals surface area contributed by atoms with Crippen molar-refractivity contribution in [1.29, 1.82) is 0 Å². The third-order valence-corrected chi connectivity index (χ3v) is 4.92. The number of piperidine rings is 1. The molecule has 2 atom stereocenters. The van der Waals surface area contributed by atoms with E-state index in [-0.39, 0.29) is 5.92 Å². The maximum absolute atomic E-state index is 12.6. The molecule has 4 heteroatoms. The van der Waals surface area contributed by atoms with E-state index >= 15 is 0 Å². The summed E-state index contributed by atoms with van der Waals surface area (Å²) in [6.07, 6.45) is 1.91. The molecule has 24 heavy (non-hydrogen) atoms. The SMILES string of the molecule is CN1CCCC([C@](Nc2ccccc2)(C(=O)O)c2ccccc2)C1. The van der Waals surface area contributed by atoms with E-state index in [1.54, 1.807) is 0 Å². The monoisotopic (exact) mass is 324 g/mol. The number of benzene rings is 2. The molecular formula is C20H24N2O2. The fraction of sp³-hybridized carbons (Fsp3) is 0.350. The van der Waals surface area contributed by atoms with Gasteiger partial charge in [-0.3, -0.25) is 0 Å². The van der Waals surface area contributed by atoms with Crippen LogP contribution in [0.25, 0.3) is 0 Å². The minimum absolute atomic E-state index is 0.00337. The van der Waals surface area contributed by atoms with Crippen molar-refractivity contribution >= 4 is 11.7 Å². The highest BCUT2D eigenvalue weighted by molar-refractivity contribution is 5.85. The van der Waals surface area contributed by atoms with Crippen LogP contribution < -0.4 is 5.32 Å². The molecule has 4 nitrogen and oxygen atoms in total. The van der Waals surface area contributed by atoms with Gasteiger partial charge in [0, 0.05) is 18.2 Å². The third kappa shape index (κ3) is 3.15. The normalized spacial score (nSPS) is 21.0. The lowest BCUT2D eigenvalue weighted by atomic mass is 9.73. The number of aliphatic carboxylic acids is 1. The Morgan fingerprint density at radius 3 is 2.33 bits per heavy atom. The van der Waals surface area contributed by atoms with Gasteiger partial charge in [-0.05, 0) is 44.1 Å². The third-order valence-electron chi connectivity index (χ3n) is 4.92. The zero-order valence-corrected chi connectivity index (χ0v) is 14.0. The van der Waals surface area contributed by atoms with Gasteiger partial charge < -0.3 is 15.3 Å². The van der Waals surface area contributed by atoms with E-state index in [1.165, 1.54) is 0 Å². The van der Waals surface area contributed by atoms with Crippen LogP contribution in [-0.2, 0) is 10.3 Å². The topological polar surface area (TPSA) is 52.6 Å². The molecule has 0 spiro atoms. The number of rotatable bonds is 5. The molecule has 0 aromatic heterocycles. The zero-order chi connectivity index (χ0) is 17.0. The Morgan fingerprint density at radius 2 is 1.75 bits per heavy atom. The summed E-state index contributed by atoms with van der Waals surface area (Å²) in [7, 11) is 2.06. The molecule has 1 fully saturated rings. The smallest absolute Gasteiger partial charge is 0.334 e. The van der Waals surface area contributed by atoms with Crippen LogP contribution >= 0.6 is 0 Å². The quantitative estimate of drug-likeness (QED) is 0.885. The number of likely N-dealkylation sites (tertiary alicyclic amines) is 1. The van der Waals surface area contributed by atoms with Gasteiger partial charge in [-0.2, -0.15) is 0 Å². The Labute approximate surface area is 143 Å². The number of para-hydroxylation sites is 1. The molecule has 2 aromatic carbocycles. The highest BCUT2D eigenvalue weighted by Gasteiger charge is 2.48. The minimum atomic E-state index is -1.13. The first-order valence-electron chi connectivity index (χ1n) is 8.43. The van der Waals surface area contributed by atoms with Crippen LogP contribution in [0.3, 0.4) is 0 Å². The molecule has 0 radical (unpaired) electrons. The van der Waals surface area contributed by atoms with E-state index in [1.807, 2.05) is 60.7 Å². The average Bonchev–Trinajstić information content (AvgIpc) is 2.61. The van der Waals surface area contributed by atoms with Crippen LogP contribution in [-0.4, -0.2) is 36.1 Å². The molecule has 1 aliphatic rings. The molecule has 2 N–H and O–H groups in total. The lowest BCUT2D eigenvalue weighted by molar-refractivity contribution is -0.145. The summed E-state index contributed by atoms with van der Waals surface area (Å²) >= 11 is 0. The Morgan fingerprint density at radius 1 is 1.12 bits per heavy atom. The van der Waals surface area contributed by atoms with Crippen molar-refractivity contribution in [3.05, 3.63) is 66.2 Å². The summed E-state index contributed by atoms with van der Waals surface area (Å²) in [5.41, 5.74) is 0.510. The van der Waals surface area contributed by atoms with Crippen LogP contribution in [0.15, 0.2) is 60.7 Å². The first-order valence-corrected chi connectivity index (χ1v) is 8.43. The number of nitrogens with zero attached hydrogens (tertiary/aromatic N) is 1. The van der Waals surface area contributed by atoms with E-state index in [2.05, 4.69) is 17.3 Å². The van der Waals surface area contributed by atoms with E-state index < -0.39 is 11.5 Å². The van der Waals surface area contributed by atoms with Crippen molar-refractivity contribution in [1.82, 2.24) is 4.90 Å². The molecule has 3 rings (SSSR count). The van der Waals surface area contributed by atoms with Gasteiger partial charge in [-0.1, -0.05) is 48.5 Å². The Balaban J connectivity index is 2.08. The molecule has 1 unspecified atom stereocenters. The van der Waals surface area contributed by atoms with Crippen molar-refractivity contribution < 1.29 is 9.90 Å². The summed E-state index contributed by atoms with van der Waals surface area (Å²) in [6, 6.07) is 19.2. The number of carboxylic acids is 1. The van der Waals surface area contributed by atoms with Crippen molar-refractivity contribution in [3.63, 3.8) is 0 Å². The summed E-state index contributed by atoms with van der Waals surface area (Å²) in [5, 5.41) is 13.7. The molecule has 0 amide bonds. The van der Waals surface area contributed by atoms with Crippen molar-refractivity contribution in [2.45, 2.75) is 18.4 Å². The predicted octanol–water partition coefficient (Wildman–Crippen LogP) is 3.42. The van der Waals surface area contributed by atoms with Gasteiger partial charge in [0.05, 0.1) is 0 Å². The second-order valence-electron chi connectivity index (χ2n) is 6.57. The van der Waals surface area contributed by atoms with E-state index in [0.717, 1.165) is 37.2 Å². The molecule has 0 bridgehead atoms. The van der Waals surface area contributed by atoms with Crippen LogP contribution in [0.2, 0.25) is 0 Å². The number of hydrogen-bond donors (Lipinski definition) is 2. The standard InChI is InChI=1S/C20H24N2O2/c1-22-14-8-11-17(15-22)20(19(23)24,16-9-4-2-5-10-16)21-18-12-6-3-7-13-18/h2-7,9-10,12-13,17,21H,8,11,14-15H2,1H3,(H,23,24)/t17?,20-/m0/s1. The second-order valence-corrected chi connectivity index (χ2v) is 6.57. The van der Waals surface area contributed by atoms with Crippen LogP contribution in [0.4, 0.5) is 5.69 Å². The molecular weight excluding hydrogens is 300 g/mol. The highest BCUT2D eigenvalue weighted by atomic mass is 16.4. The fourth-order valence-corrected chi connectivity index (χ4v) is 3.73. The highest BCUT2D eigenvalue weighted by Crippen LogP contribution is 2.39. The lowest BCUT2D eigenvalue weighted by Crippen LogP contribution is -2.54. The van der Waals surface area contributed by atoms with Gasteiger partial charge in [0.15, 0.2) is 5.54 Å². The van der Waals surface area contributed by atoms with Gasteiger partial charge in [0.1, 0.15) is 0 Å². The van der Waals surface area contributed by atoms with Crippen LogP contribution in [0, 0.1) is 5.92 Å². The van der Waals surface area contributed by atoms with E-state index in [4.69, 9.17) is 0 Å². The van der Waals surface area contributed by atoms with Gasteiger partial charge >= 0.3 is 5.97 Å². The Hall–Kier alpha value is -2.33. The first kappa shape index (κ1) is 16.5. The molecule has 0 saturated carbocycles. The average molecular weight is 324 g/mol. The number of hydrogen-bond acceptors (Lipinski definition) is 3. The molecule has 1 heterocycles. The van der Waals surface area contributed by atoms with Crippen LogP contribution in [0.5, 0.6) is 0 Å². The first-order chi connectivity index (χ1) is 11.6. The number of carbonyl (C=O) groups is 1. The molecule has 1 aliphatic heterocycles. The molecule has 2 aromatic rings. The van der Waals surface area contributed by atoms with E-state index in [9.17, 15) is 9.90 Å². The predicted molar refractivity (Wildman–Crippen MR) is 96.0 cm³/mol. The Bertz CT molecular complexity index is 675. The van der Waals surface area contributed by atoms with Gasteiger partial charge in [-0.25, -0.2) is 4.79 Å². The summed E-state index contributed by atoms with van der Waals surface area (Å²) in [4.78, 5) is 14.8. The van der Waals surface area contributed by atoms with Crippen molar-refractivity contribution in [2.75, 3.05) is 25.5 Å². The largest absolute Gasteiger partial charge is 0.479 e. The zero-order valence-electron chi connectivity index (χ0n) is 14.0. The second kappa shape index (κ2) is 7.05. The molecule has 126 valence electrons. The van der Waals surface area contributed by atoms with Crippen molar-refractivity contribution in [3.8, 4) is 0 Å². The van der Waals surface area contributed by atoms with Crippen LogP contribution in [0.1, 0.15) is 18.4 Å². The van der Waals surface area contributed by atoms with Gasteiger partial charge in [-0.15, -0.1) is 0 Å². The number of nitrogens with one attached hydrogen (secondary N) is 1. The molecule has 0 aliphatic carbocycles. The summed E-state index contributed by atoms with van der Waals surface area (Å²) < 4.78 is 0. The maximum atomic E-state index is 12.6. The summed E-state index contributed by atoms with van der Waals surface area (Å²) in [6.45, 7) is 1.79. The Kier molecular flexibility index (Phi) is 4.86. The maximum Gasteiger partial charge on any atom is 0.334 e. The summed E-state index contributed by atoms with van der Waals surface area (Å²) in [5.74, 6) is -0.825. The fourth-order valence-electron chi connectivity index (χ4n) is 3.73.